The smallest absolute Gasteiger partial charge is 0.158 e. The van der Waals surface area contributed by atoms with Crippen LogP contribution in [0.2, 0.25) is 0 Å². The average molecular weight is 445 g/mol. The molecule has 3 aromatic rings. The zero-order valence-corrected chi connectivity index (χ0v) is 19.6. The number of allylic oxidation sites excluding steroid dienone is 3. The molecule has 1 aliphatic carbocycles. The fraction of sp³-hybridized carbons (Fsp3) is 0.370. The minimum absolute atomic E-state index is 0.118. The van der Waals surface area contributed by atoms with Crippen LogP contribution in [0.4, 0.5) is 0 Å². The first kappa shape index (κ1) is 21.7. The van der Waals surface area contributed by atoms with Gasteiger partial charge in [-0.3, -0.25) is 4.90 Å². The highest BCUT2D eigenvalue weighted by Crippen LogP contribution is 2.38. The number of aromatic nitrogens is 2. The molecule has 2 aromatic heterocycles. The number of hydrogen-bond acceptors (Lipinski definition) is 5. The summed E-state index contributed by atoms with van der Waals surface area (Å²) < 4.78 is 0. The topological polar surface area (TPSA) is 75.6 Å². The van der Waals surface area contributed by atoms with Gasteiger partial charge in [-0.25, -0.2) is 4.98 Å². The van der Waals surface area contributed by atoms with Crippen LogP contribution in [-0.2, 0) is 0 Å². The number of piperazine rings is 1. The number of pyridine rings is 1. The standard InChI is InChI=1S/C27H32N4O2/c1-18-25(20-4-5-23(32)24(33)15-20)22-14-21(16-28-26(22)29-18)19-6-8-27(2,9-7-19)17-31-12-10-30(3)11-13-31/h4-8,14-16,32-33H,9-13,17H2,1-3H3,(H,28,29). The number of H-pyrrole nitrogens is 1. The van der Waals surface area contributed by atoms with E-state index in [9.17, 15) is 10.2 Å². The van der Waals surface area contributed by atoms with E-state index in [0.717, 1.165) is 72.6 Å². The molecule has 172 valence electrons. The lowest BCUT2D eigenvalue weighted by atomic mass is 9.80. The van der Waals surface area contributed by atoms with Crippen LogP contribution in [0.25, 0.3) is 27.7 Å². The quantitative estimate of drug-likeness (QED) is 0.515. The van der Waals surface area contributed by atoms with E-state index >= 15 is 0 Å². The Morgan fingerprint density at radius 1 is 1.06 bits per heavy atom. The number of rotatable bonds is 4. The van der Waals surface area contributed by atoms with Crippen molar-refractivity contribution in [1.82, 2.24) is 19.8 Å². The number of aromatic amines is 1. The second-order valence-corrected chi connectivity index (χ2v) is 9.88. The molecule has 1 aromatic carbocycles. The van der Waals surface area contributed by atoms with Gasteiger partial charge < -0.3 is 20.1 Å². The van der Waals surface area contributed by atoms with Crippen molar-refractivity contribution in [2.75, 3.05) is 39.8 Å². The lowest BCUT2D eigenvalue weighted by molar-refractivity contribution is 0.121. The highest BCUT2D eigenvalue weighted by molar-refractivity contribution is 5.97. The number of nitrogens with zero attached hydrogens (tertiary/aromatic N) is 3. The molecule has 1 saturated heterocycles. The lowest BCUT2D eigenvalue weighted by Crippen LogP contribution is -2.47. The van der Waals surface area contributed by atoms with Crippen molar-refractivity contribution in [3.63, 3.8) is 0 Å². The number of hydrogen-bond donors (Lipinski definition) is 3. The van der Waals surface area contributed by atoms with Gasteiger partial charge in [0, 0.05) is 66.5 Å². The van der Waals surface area contributed by atoms with Crippen molar-refractivity contribution in [2.24, 2.45) is 5.41 Å². The normalized spacial score (nSPS) is 22.1. The molecule has 2 aliphatic rings. The van der Waals surface area contributed by atoms with Gasteiger partial charge in [0.15, 0.2) is 11.5 Å². The Morgan fingerprint density at radius 3 is 2.55 bits per heavy atom. The predicted octanol–water partition coefficient (Wildman–Crippen LogP) is 4.55. The number of benzene rings is 1. The Morgan fingerprint density at radius 2 is 1.85 bits per heavy atom. The second-order valence-electron chi connectivity index (χ2n) is 9.88. The van der Waals surface area contributed by atoms with E-state index in [2.05, 4.69) is 58.0 Å². The fourth-order valence-corrected chi connectivity index (χ4v) is 5.02. The van der Waals surface area contributed by atoms with Gasteiger partial charge in [-0.1, -0.05) is 31.2 Å². The number of aromatic hydroxyl groups is 2. The number of fused-ring (bicyclic) bond motifs is 1. The monoisotopic (exact) mass is 444 g/mol. The molecule has 6 nitrogen and oxygen atoms in total. The van der Waals surface area contributed by atoms with E-state index in [1.165, 1.54) is 11.6 Å². The largest absolute Gasteiger partial charge is 0.504 e. The molecular weight excluding hydrogens is 412 g/mol. The second kappa shape index (κ2) is 8.36. The molecule has 0 amide bonds. The first-order chi connectivity index (χ1) is 15.8. The van der Waals surface area contributed by atoms with Crippen molar-refractivity contribution in [2.45, 2.75) is 20.3 Å². The maximum absolute atomic E-state index is 10.0. The van der Waals surface area contributed by atoms with Gasteiger partial charge in [-0.2, -0.15) is 0 Å². The maximum Gasteiger partial charge on any atom is 0.158 e. The van der Waals surface area contributed by atoms with Gasteiger partial charge in [0.05, 0.1) is 0 Å². The van der Waals surface area contributed by atoms with Crippen LogP contribution in [0.15, 0.2) is 48.7 Å². The van der Waals surface area contributed by atoms with Crippen molar-refractivity contribution < 1.29 is 10.2 Å². The summed E-state index contributed by atoms with van der Waals surface area (Å²) in [5.41, 5.74) is 6.07. The Hall–Kier alpha value is -3.09. The van der Waals surface area contributed by atoms with Gasteiger partial charge in [-0.05, 0) is 49.7 Å². The van der Waals surface area contributed by atoms with Crippen molar-refractivity contribution in [1.29, 1.82) is 0 Å². The number of nitrogens with one attached hydrogen (secondary N) is 1. The summed E-state index contributed by atoms with van der Waals surface area (Å²) >= 11 is 0. The third kappa shape index (κ3) is 4.28. The molecule has 1 fully saturated rings. The van der Waals surface area contributed by atoms with Crippen LogP contribution >= 0.6 is 0 Å². The van der Waals surface area contributed by atoms with E-state index in [-0.39, 0.29) is 16.9 Å². The number of aryl methyl sites for hydroxylation is 1. The molecular formula is C27H32N4O2. The van der Waals surface area contributed by atoms with Crippen molar-refractivity contribution in [3.05, 3.63) is 59.9 Å². The molecule has 5 rings (SSSR count). The number of phenolic OH excluding ortho intramolecular Hbond substituents is 2. The minimum atomic E-state index is -0.122. The summed E-state index contributed by atoms with van der Waals surface area (Å²) in [5.74, 6) is -0.241. The first-order valence-electron chi connectivity index (χ1n) is 11.6. The molecule has 3 N–H and O–H groups in total. The molecule has 0 radical (unpaired) electrons. The van der Waals surface area contributed by atoms with E-state index in [0.29, 0.717) is 0 Å². The Labute approximate surface area is 194 Å². The lowest BCUT2D eigenvalue weighted by Gasteiger charge is -2.38. The molecule has 1 unspecified atom stereocenters. The Balaban J connectivity index is 1.40. The maximum atomic E-state index is 10.0. The van der Waals surface area contributed by atoms with Crippen LogP contribution in [0.1, 0.15) is 24.6 Å². The van der Waals surface area contributed by atoms with E-state index in [1.54, 1.807) is 6.07 Å². The van der Waals surface area contributed by atoms with Gasteiger partial charge in [0.25, 0.3) is 0 Å². The van der Waals surface area contributed by atoms with E-state index in [4.69, 9.17) is 0 Å². The number of phenols is 2. The number of likely N-dealkylation sites (N-methyl/N-ethyl adjacent to an activating group) is 1. The third-order valence-corrected chi connectivity index (χ3v) is 7.07. The van der Waals surface area contributed by atoms with Crippen LogP contribution < -0.4 is 0 Å². The first-order valence-corrected chi connectivity index (χ1v) is 11.6. The average Bonchev–Trinajstić information content (AvgIpc) is 3.12. The summed E-state index contributed by atoms with van der Waals surface area (Å²) in [6.07, 6.45) is 9.88. The van der Waals surface area contributed by atoms with Crippen LogP contribution in [0.3, 0.4) is 0 Å². The van der Waals surface area contributed by atoms with Crippen LogP contribution in [-0.4, -0.2) is 69.8 Å². The summed E-state index contributed by atoms with van der Waals surface area (Å²) in [5, 5.41) is 20.7. The third-order valence-electron chi connectivity index (χ3n) is 7.07. The van der Waals surface area contributed by atoms with Gasteiger partial charge in [0.1, 0.15) is 5.65 Å². The van der Waals surface area contributed by atoms with Crippen molar-refractivity contribution in [3.8, 4) is 22.6 Å². The zero-order valence-electron chi connectivity index (χ0n) is 19.6. The summed E-state index contributed by atoms with van der Waals surface area (Å²) in [6.45, 7) is 10.0. The SMILES string of the molecule is Cc1[nH]c2ncc(C3=CCC(C)(CN4CCN(C)CC4)C=C3)cc2c1-c1ccc(O)c(O)c1. The molecule has 1 aliphatic heterocycles. The molecule has 33 heavy (non-hydrogen) atoms. The zero-order chi connectivity index (χ0) is 23.2. The van der Waals surface area contributed by atoms with Crippen LogP contribution in [0.5, 0.6) is 11.5 Å². The fourth-order valence-electron chi connectivity index (χ4n) is 5.02. The summed E-state index contributed by atoms with van der Waals surface area (Å²) in [6, 6.07) is 7.11. The van der Waals surface area contributed by atoms with E-state index in [1.807, 2.05) is 19.2 Å². The minimum Gasteiger partial charge on any atom is -0.504 e. The van der Waals surface area contributed by atoms with Crippen LogP contribution in [0, 0.1) is 12.3 Å². The van der Waals surface area contributed by atoms with E-state index < -0.39 is 0 Å². The summed E-state index contributed by atoms with van der Waals surface area (Å²) in [4.78, 5) is 13.0. The van der Waals surface area contributed by atoms with Gasteiger partial charge in [-0.15, -0.1) is 0 Å². The Kier molecular flexibility index (Phi) is 5.51. The molecule has 0 saturated carbocycles. The van der Waals surface area contributed by atoms with Gasteiger partial charge >= 0.3 is 0 Å². The molecule has 0 bridgehead atoms. The highest BCUT2D eigenvalue weighted by Gasteiger charge is 2.27. The molecule has 6 heteroatoms. The molecule has 1 atom stereocenters. The molecule has 3 heterocycles. The highest BCUT2D eigenvalue weighted by atomic mass is 16.3. The summed E-state index contributed by atoms with van der Waals surface area (Å²) in [7, 11) is 2.20. The Bertz CT molecular complexity index is 1250. The predicted molar refractivity (Wildman–Crippen MR) is 133 cm³/mol. The van der Waals surface area contributed by atoms with Crippen molar-refractivity contribution >= 4 is 16.6 Å². The van der Waals surface area contributed by atoms with Gasteiger partial charge in [0.2, 0.25) is 0 Å². The molecule has 0 spiro atoms.